The fourth-order valence-electron chi connectivity index (χ4n) is 1.97. The second-order valence-corrected chi connectivity index (χ2v) is 5.18. The van der Waals surface area contributed by atoms with E-state index in [4.69, 9.17) is 17.0 Å². The molecule has 19 heavy (non-hydrogen) atoms. The van der Waals surface area contributed by atoms with E-state index in [9.17, 15) is 4.79 Å². The van der Waals surface area contributed by atoms with E-state index >= 15 is 0 Å². The van der Waals surface area contributed by atoms with Crippen LogP contribution in [0.4, 0.5) is 0 Å². The number of carbonyl (C=O) groups is 1. The number of ketones is 1. The first-order valence-electron chi connectivity index (χ1n) is 6.87. The number of hydrogen-bond acceptors (Lipinski definition) is 3. The van der Waals surface area contributed by atoms with Gasteiger partial charge in [-0.1, -0.05) is 44.5 Å². The Bertz CT molecular complexity index is 423. The van der Waals surface area contributed by atoms with Gasteiger partial charge < -0.3 is 4.74 Å². The number of Topliss-reactive ketones (excluding diaryl/α,β-unsaturated/α-hetero) is 1. The highest BCUT2D eigenvalue weighted by Crippen LogP contribution is 2.15. The molecule has 0 aliphatic rings. The van der Waals surface area contributed by atoms with Crippen LogP contribution in [-0.4, -0.2) is 17.4 Å². The van der Waals surface area contributed by atoms with E-state index in [1.54, 1.807) is 0 Å². The highest BCUT2D eigenvalue weighted by atomic mass is 32.1. The van der Waals surface area contributed by atoms with Crippen LogP contribution in [0.25, 0.3) is 0 Å². The molecule has 104 valence electrons. The SMILES string of the molecule is CCCc1ccc(C(=O)C(C)CC(=S)OCC)cc1. The van der Waals surface area contributed by atoms with Crippen LogP contribution in [-0.2, 0) is 11.2 Å². The molecule has 1 aromatic carbocycles. The first kappa shape index (κ1) is 15.8. The van der Waals surface area contributed by atoms with Crippen LogP contribution in [0.15, 0.2) is 24.3 Å². The van der Waals surface area contributed by atoms with Crippen molar-refractivity contribution >= 4 is 23.1 Å². The van der Waals surface area contributed by atoms with Crippen molar-refractivity contribution in [2.45, 2.75) is 40.0 Å². The number of aryl methyl sites for hydroxylation is 1. The van der Waals surface area contributed by atoms with E-state index in [0.717, 1.165) is 18.4 Å². The van der Waals surface area contributed by atoms with Crippen LogP contribution in [0.1, 0.15) is 49.5 Å². The normalized spacial score (nSPS) is 11.9. The predicted molar refractivity (Wildman–Crippen MR) is 82.8 cm³/mol. The lowest BCUT2D eigenvalue weighted by molar-refractivity contribution is 0.0930. The summed E-state index contributed by atoms with van der Waals surface area (Å²) in [6, 6.07) is 7.88. The first-order valence-corrected chi connectivity index (χ1v) is 7.28. The van der Waals surface area contributed by atoms with Gasteiger partial charge in [-0.2, -0.15) is 0 Å². The van der Waals surface area contributed by atoms with Gasteiger partial charge in [0, 0.05) is 17.9 Å². The van der Waals surface area contributed by atoms with Gasteiger partial charge in [0.1, 0.15) is 0 Å². The summed E-state index contributed by atoms with van der Waals surface area (Å²) in [5, 5.41) is 0.519. The topological polar surface area (TPSA) is 26.3 Å². The van der Waals surface area contributed by atoms with E-state index in [1.165, 1.54) is 5.56 Å². The van der Waals surface area contributed by atoms with Gasteiger partial charge in [-0.3, -0.25) is 4.79 Å². The van der Waals surface area contributed by atoms with E-state index in [0.29, 0.717) is 18.1 Å². The Morgan fingerprint density at radius 1 is 1.26 bits per heavy atom. The fraction of sp³-hybridized carbons (Fsp3) is 0.500. The van der Waals surface area contributed by atoms with Crippen molar-refractivity contribution in [1.29, 1.82) is 0 Å². The van der Waals surface area contributed by atoms with E-state index < -0.39 is 0 Å². The number of ether oxygens (including phenoxy) is 1. The number of hydrogen-bond donors (Lipinski definition) is 0. The minimum absolute atomic E-state index is 0.129. The first-order chi connectivity index (χ1) is 9.08. The minimum Gasteiger partial charge on any atom is -0.487 e. The molecule has 0 N–H and O–H groups in total. The molecule has 0 saturated carbocycles. The van der Waals surface area contributed by atoms with Crippen molar-refractivity contribution in [3.05, 3.63) is 35.4 Å². The highest BCUT2D eigenvalue weighted by molar-refractivity contribution is 7.80. The number of rotatable bonds is 7. The number of benzene rings is 1. The van der Waals surface area contributed by atoms with Crippen molar-refractivity contribution in [3.8, 4) is 0 Å². The highest BCUT2D eigenvalue weighted by Gasteiger charge is 2.17. The molecule has 1 aromatic rings. The summed E-state index contributed by atoms with van der Waals surface area (Å²) in [5.41, 5.74) is 2.03. The van der Waals surface area contributed by atoms with Crippen LogP contribution in [0.3, 0.4) is 0 Å². The van der Waals surface area contributed by atoms with Crippen molar-refractivity contribution in [1.82, 2.24) is 0 Å². The minimum atomic E-state index is -0.129. The molecule has 0 aromatic heterocycles. The molecule has 3 heteroatoms. The molecule has 0 aliphatic heterocycles. The van der Waals surface area contributed by atoms with Crippen molar-refractivity contribution in [3.63, 3.8) is 0 Å². The zero-order chi connectivity index (χ0) is 14.3. The molecule has 0 heterocycles. The summed E-state index contributed by atoms with van der Waals surface area (Å²) in [4.78, 5) is 12.2. The molecule has 0 fully saturated rings. The summed E-state index contributed by atoms with van der Waals surface area (Å²) in [7, 11) is 0. The van der Waals surface area contributed by atoms with Crippen LogP contribution in [0.5, 0.6) is 0 Å². The van der Waals surface area contributed by atoms with Gasteiger partial charge in [-0.25, -0.2) is 0 Å². The summed E-state index contributed by atoms with van der Waals surface area (Å²) in [5.74, 6) is 0.00109. The van der Waals surface area contributed by atoms with E-state index in [2.05, 4.69) is 6.92 Å². The summed E-state index contributed by atoms with van der Waals surface area (Å²) >= 11 is 5.08. The zero-order valence-corrected chi connectivity index (χ0v) is 12.8. The van der Waals surface area contributed by atoms with Gasteiger partial charge in [0.2, 0.25) is 0 Å². The molecule has 0 saturated heterocycles. The summed E-state index contributed by atoms with van der Waals surface area (Å²) in [6.45, 7) is 6.50. The van der Waals surface area contributed by atoms with Gasteiger partial charge in [0.15, 0.2) is 10.8 Å². The maximum absolute atomic E-state index is 12.2. The standard InChI is InChI=1S/C16H22O2S/c1-4-6-13-7-9-14(10-8-13)16(17)12(3)11-15(19)18-5-2/h7-10,12H,4-6,11H2,1-3H3. The Kier molecular flexibility index (Phi) is 6.71. The molecule has 0 amide bonds. The molecular formula is C16H22O2S. The Morgan fingerprint density at radius 3 is 2.42 bits per heavy atom. The van der Waals surface area contributed by atoms with Crippen LogP contribution in [0.2, 0.25) is 0 Å². The Morgan fingerprint density at radius 2 is 1.89 bits per heavy atom. The second-order valence-electron chi connectivity index (χ2n) is 4.72. The molecule has 0 spiro atoms. The Hall–Kier alpha value is -1.22. The summed E-state index contributed by atoms with van der Waals surface area (Å²) < 4.78 is 5.23. The lowest BCUT2D eigenvalue weighted by Gasteiger charge is -2.12. The largest absolute Gasteiger partial charge is 0.487 e. The quantitative estimate of drug-likeness (QED) is 0.552. The third kappa shape index (κ3) is 5.11. The Labute approximate surface area is 121 Å². The molecule has 1 atom stereocenters. The van der Waals surface area contributed by atoms with Crippen molar-refractivity contribution in [2.75, 3.05) is 6.61 Å². The average molecular weight is 278 g/mol. The zero-order valence-electron chi connectivity index (χ0n) is 11.9. The van der Waals surface area contributed by atoms with Gasteiger partial charge in [-0.05, 0) is 31.1 Å². The third-order valence-corrected chi connectivity index (χ3v) is 3.29. The lowest BCUT2D eigenvalue weighted by Crippen LogP contribution is -2.16. The maximum Gasteiger partial charge on any atom is 0.166 e. The molecule has 2 nitrogen and oxygen atoms in total. The maximum atomic E-state index is 12.2. The van der Waals surface area contributed by atoms with Gasteiger partial charge in [-0.15, -0.1) is 0 Å². The second kappa shape index (κ2) is 8.05. The van der Waals surface area contributed by atoms with Gasteiger partial charge in [0.25, 0.3) is 0 Å². The molecule has 0 bridgehead atoms. The molecule has 0 radical (unpaired) electrons. The lowest BCUT2D eigenvalue weighted by atomic mass is 9.95. The molecular weight excluding hydrogens is 256 g/mol. The molecule has 1 rings (SSSR count). The van der Waals surface area contributed by atoms with E-state index in [1.807, 2.05) is 38.1 Å². The van der Waals surface area contributed by atoms with Crippen molar-refractivity contribution in [2.24, 2.45) is 5.92 Å². The van der Waals surface area contributed by atoms with Crippen molar-refractivity contribution < 1.29 is 9.53 Å². The van der Waals surface area contributed by atoms with Crippen LogP contribution >= 0.6 is 12.2 Å². The smallest absolute Gasteiger partial charge is 0.166 e. The van der Waals surface area contributed by atoms with Crippen LogP contribution in [0, 0.1) is 5.92 Å². The van der Waals surface area contributed by atoms with Gasteiger partial charge in [0.05, 0.1) is 6.61 Å². The summed E-state index contributed by atoms with van der Waals surface area (Å²) in [6.07, 6.45) is 2.68. The molecule has 1 unspecified atom stereocenters. The Balaban J connectivity index is 2.63. The molecule has 0 aliphatic carbocycles. The average Bonchev–Trinajstić information content (AvgIpc) is 2.39. The monoisotopic (exact) mass is 278 g/mol. The number of carbonyl (C=O) groups excluding carboxylic acids is 1. The third-order valence-electron chi connectivity index (χ3n) is 3.00. The fourth-order valence-corrected chi connectivity index (χ4v) is 2.34. The predicted octanol–water partition coefficient (Wildman–Crippen LogP) is 4.21. The van der Waals surface area contributed by atoms with Gasteiger partial charge >= 0.3 is 0 Å². The number of thiocarbonyl (C=S) groups is 1. The van der Waals surface area contributed by atoms with E-state index in [-0.39, 0.29) is 11.7 Å². The van der Waals surface area contributed by atoms with Crippen LogP contribution < -0.4 is 0 Å².